The van der Waals surface area contributed by atoms with Gasteiger partial charge in [-0.15, -0.1) is 0 Å². The molecule has 8 heteroatoms. The van der Waals surface area contributed by atoms with Gasteiger partial charge in [0, 0.05) is 26.2 Å². The van der Waals surface area contributed by atoms with E-state index in [0.29, 0.717) is 11.6 Å². The maximum atomic E-state index is 12.7. The van der Waals surface area contributed by atoms with Crippen molar-refractivity contribution in [2.45, 2.75) is 26.3 Å². The summed E-state index contributed by atoms with van der Waals surface area (Å²) >= 11 is 0. The van der Waals surface area contributed by atoms with Crippen molar-refractivity contribution in [3.8, 4) is 0 Å². The maximum absolute atomic E-state index is 12.7. The lowest BCUT2D eigenvalue weighted by molar-refractivity contribution is -0.136. The van der Waals surface area contributed by atoms with Crippen molar-refractivity contribution in [1.29, 1.82) is 0 Å². The van der Waals surface area contributed by atoms with Gasteiger partial charge in [0.1, 0.15) is 5.76 Å². The summed E-state index contributed by atoms with van der Waals surface area (Å²) in [6, 6.07) is 8.83. The van der Waals surface area contributed by atoms with Crippen LogP contribution in [0, 0.1) is 6.92 Å². The molecule has 2 heterocycles. The second-order valence-corrected chi connectivity index (χ2v) is 6.71. The van der Waals surface area contributed by atoms with E-state index in [0.717, 1.165) is 11.1 Å². The molecule has 8 nitrogen and oxygen atoms in total. The van der Waals surface area contributed by atoms with E-state index in [-0.39, 0.29) is 30.7 Å². The third kappa shape index (κ3) is 4.28. The molecule has 3 amide bonds. The van der Waals surface area contributed by atoms with E-state index in [9.17, 15) is 14.4 Å². The minimum Gasteiger partial charge on any atom is -0.360 e. The molecule has 0 radical (unpaired) electrons. The first kappa shape index (κ1) is 19.3. The minimum atomic E-state index is -0.407. The van der Waals surface area contributed by atoms with Crippen molar-refractivity contribution in [2.24, 2.45) is 0 Å². The molecule has 0 spiro atoms. The summed E-state index contributed by atoms with van der Waals surface area (Å²) < 4.78 is 4.90. The second kappa shape index (κ2) is 8.08. The molecular weight excluding hydrogens is 360 g/mol. The average Bonchev–Trinajstić information content (AvgIpc) is 3.06. The van der Waals surface area contributed by atoms with Crippen LogP contribution in [0.3, 0.4) is 0 Å². The van der Waals surface area contributed by atoms with Gasteiger partial charge in [-0.05, 0) is 24.1 Å². The van der Waals surface area contributed by atoms with E-state index < -0.39 is 6.04 Å². The fraction of sp³-hybridized carbons (Fsp3) is 0.300. The number of carbonyl (C=O) groups is 3. The van der Waals surface area contributed by atoms with E-state index in [1.54, 1.807) is 31.1 Å². The number of benzene rings is 1. The third-order valence-corrected chi connectivity index (χ3v) is 4.54. The quantitative estimate of drug-likeness (QED) is 0.856. The molecule has 0 saturated carbocycles. The minimum absolute atomic E-state index is 0.0772. The number of hydrogen-bond acceptors (Lipinski definition) is 5. The highest BCUT2D eigenvalue weighted by Crippen LogP contribution is 2.33. The molecule has 1 aromatic carbocycles. The molecule has 0 aliphatic carbocycles. The molecule has 1 aliphatic rings. The topological polar surface area (TPSA) is 95.8 Å². The number of likely N-dealkylation sites (N-methyl/N-ethyl adjacent to an activating group) is 1. The van der Waals surface area contributed by atoms with Crippen LogP contribution in [0.4, 0.5) is 5.82 Å². The van der Waals surface area contributed by atoms with Crippen LogP contribution in [0.2, 0.25) is 0 Å². The van der Waals surface area contributed by atoms with E-state index in [2.05, 4.69) is 10.5 Å². The Morgan fingerprint density at radius 1 is 1.29 bits per heavy atom. The summed E-state index contributed by atoms with van der Waals surface area (Å²) in [5.74, 6) is 0.111. The summed E-state index contributed by atoms with van der Waals surface area (Å²) in [7, 11) is 1.55. The fourth-order valence-electron chi connectivity index (χ4n) is 3.15. The number of nitrogens with one attached hydrogen (secondary N) is 1. The molecule has 1 N–H and O–H groups in total. The lowest BCUT2D eigenvalue weighted by Gasteiger charge is -2.33. The van der Waals surface area contributed by atoms with Gasteiger partial charge >= 0.3 is 0 Å². The van der Waals surface area contributed by atoms with Crippen LogP contribution in [0.5, 0.6) is 0 Å². The Labute approximate surface area is 162 Å². The van der Waals surface area contributed by atoms with E-state index in [1.165, 1.54) is 11.8 Å². The fourth-order valence-corrected chi connectivity index (χ4v) is 3.15. The number of rotatable bonds is 5. The Balaban J connectivity index is 1.67. The van der Waals surface area contributed by atoms with Crippen molar-refractivity contribution in [3.05, 3.63) is 53.4 Å². The average molecular weight is 382 g/mol. The van der Waals surface area contributed by atoms with Crippen molar-refractivity contribution in [2.75, 3.05) is 18.9 Å². The molecule has 0 bridgehead atoms. The van der Waals surface area contributed by atoms with Gasteiger partial charge in [0.15, 0.2) is 5.82 Å². The second-order valence-electron chi connectivity index (χ2n) is 6.71. The number of hydrogen-bond donors (Lipinski definition) is 1. The standard InChI is InChI=1S/C20H22N4O4/c1-13-10-18(22-28-13)21-19(26)12-23(3)20(27)11-17-16-7-5-4-6-15(16)8-9-24(17)14(2)25/h4-10,17H,11-12H2,1-3H3,(H,21,22,26). The maximum Gasteiger partial charge on any atom is 0.245 e. The number of carbonyl (C=O) groups excluding carboxylic acids is 3. The Kier molecular flexibility index (Phi) is 5.58. The predicted octanol–water partition coefficient (Wildman–Crippen LogP) is 2.34. The highest BCUT2D eigenvalue weighted by Gasteiger charge is 2.29. The van der Waals surface area contributed by atoms with Gasteiger partial charge in [-0.25, -0.2) is 0 Å². The number of nitrogens with zero attached hydrogens (tertiary/aromatic N) is 3. The summed E-state index contributed by atoms with van der Waals surface area (Å²) in [6.45, 7) is 3.05. The van der Waals surface area contributed by atoms with E-state index >= 15 is 0 Å². The summed E-state index contributed by atoms with van der Waals surface area (Å²) in [5.41, 5.74) is 1.88. The smallest absolute Gasteiger partial charge is 0.245 e. The Morgan fingerprint density at radius 3 is 2.71 bits per heavy atom. The van der Waals surface area contributed by atoms with Gasteiger partial charge < -0.3 is 19.6 Å². The van der Waals surface area contributed by atoms with Gasteiger partial charge in [-0.3, -0.25) is 14.4 Å². The van der Waals surface area contributed by atoms with Crippen LogP contribution in [-0.2, 0) is 14.4 Å². The van der Waals surface area contributed by atoms with Gasteiger partial charge in [0.25, 0.3) is 0 Å². The first-order valence-corrected chi connectivity index (χ1v) is 8.88. The van der Waals surface area contributed by atoms with E-state index in [1.807, 2.05) is 30.3 Å². The van der Waals surface area contributed by atoms with Crippen LogP contribution in [-0.4, -0.2) is 46.3 Å². The van der Waals surface area contributed by atoms with Crippen LogP contribution in [0.25, 0.3) is 6.08 Å². The number of aryl methyl sites for hydroxylation is 1. The largest absolute Gasteiger partial charge is 0.360 e. The summed E-state index contributed by atoms with van der Waals surface area (Å²) in [6.07, 6.45) is 3.63. The zero-order chi connectivity index (χ0) is 20.3. The Bertz CT molecular complexity index is 934. The van der Waals surface area contributed by atoms with Gasteiger partial charge in [-0.2, -0.15) is 0 Å². The molecule has 1 unspecified atom stereocenters. The molecule has 0 saturated heterocycles. The normalized spacial score (nSPS) is 15.1. The Hall–Kier alpha value is -3.42. The Morgan fingerprint density at radius 2 is 2.04 bits per heavy atom. The predicted molar refractivity (Wildman–Crippen MR) is 103 cm³/mol. The SMILES string of the molecule is CC(=O)N1C=Cc2ccccc2C1CC(=O)N(C)CC(=O)Nc1cc(C)on1. The van der Waals surface area contributed by atoms with Crippen molar-refractivity contribution in [1.82, 2.24) is 15.0 Å². The summed E-state index contributed by atoms with van der Waals surface area (Å²) in [4.78, 5) is 39.8. The molecule has 2 aromatic rings. The van der Waals surface area contributed by atoms with Crippen molar-refractivity contribution < 1.29 is 18.9 Å². The van der Waals surface area contributed by atoms with Crippen LogP contribution in [0.1, 0.15) is 36.3 Å². The first-order chi connectivity index (χ1) is 13.3. The number of anilines is 1. The zero-order valence-electron chi connectivity index (χ0n) is 16.0. The molecular formula is C20H22N4O4. The third-order valence-electron chi connectivity index (χ3n) is 4.54. The van der Waals surface area contributed by atoms with Crippen LogP contribution in [0.15, 0.2) is 41.1 Å². The monoisotopic (exact) mass is 382 g/mol. The highest BCUT2D eigenvalue weighted by atomic mass is 16.5. The van der Waals surface area contributed by atoms with Crippen molar-refractivity contribution >= 4 is 29.6 Å². The van der Waals surface area contributed by atoms with Gasteiger partial charge in [0.2, 0.25) is 17.7 Å². The molecule has 0 fully saturated rings. The van der Waals surface area contributed by atoms with Gasteiger partial charge in [-0.1, -0.05) is 29.4 Å². The molecule has 146 valence electrons. The van der Waals surface area contributed by atoms with E-state index in [4.69, 9.17) is 4.52 Å². The lowest BCUT2D eigenvalue weighted by Crippen LogP contribution is -2.39. The summed E-state index contributed by atoms with van der Waals surface area (Å²) in [5, 5.41) is 6.28. The van der Waals surface area contributed by atoms with Crippen molar-refractivity contribution in [3.63, 3.8) is 0 Å². The molecule has 3 rings (SSSR count). The molecule has 1 atom stereocenters. The lowest BCUT2D eigenvalue weighted by atomic mass is 9.93. The molecule has 1 aliphatic heterocycles. The molecule has 28 heavy (non-hydrogen) atoms. The number of fused-ring (bicyclic) bond motifs is 1. The number of aromatic nitrogens is 1. The molecule has 1 aromatic heterocycles. The first-order valence-electron chi connectivity index (χ1n) is 8.88. The zero-order valence-corrected chi connectivity index (χ0v) is 16.0. The van der Waals surface area contributed by atoms with Crippen LogP contribution >= 0.6 is 0 Å². The highest BCUT2D eigenvalue weighted by molar-refractivity contribution is 5.94. The van der Waals surface area contributed by atoms with Crippen LogP contribution < -0.4 is 5.32 Å². The van der Waals surface area contributed by atoms with Gasteiger partial charge in [0.05, 0.1) is 19.0 Å². The number of amides is 3.